The SMILES string of the molecule is Cc1ccc(=O)n(-c2ccc(C(F)(F)F)cc2C(F)(F)F)c1. The standard InChI is InChI=1S/C14H9F6NO/c1-8-2-5-12(22)21(7-8)11-4-3-9(13(15,16)17)6-10(11)14(18,19)20/h2-7H,1H3. The Balaban J connectivity index is 2.76. The number of rotatable bonds is 1. The van der Waals surface area contributed by atoms with Crippen LogP contribution < -0.4 is 5.56 Å². The van der Waals surface area contributed by atoms with Crippen molar-refractivity contribution in [1.29, 1.82) is 0 Å². The molecule has 0 saturated carbocycles. The van der Waals surface area contributed by atoms with Crippen LogP contribution in [0, 0.1) is 6.92 Å². The first-order valence-electron chi connectivity index (χ1n) is 5.98. The minimum absolute atomic E-state index is 0.00407. The second kappa shape index (κ2) is 5.19. The van der Waals surface area contributed by atoms with Crippen LogP contribution in [-0.2, 0) is 12.4 Å². The molecule has 2 nitrogen and oxygen atoms in total. The molecule has 0 spiro atoms. The van der Waals surface area contributed by atoms with E-state index in [2.05, 4.69) is 0 Å². The molecule has 0 aliphatic heterocycles. The lowest BCUT2D eigenvalue weighted by Gasteiger charge is -2.17. The van der Waals surface area contributed by atoms with Gasteiger partial charge in [-0.25, -0.2) is 0 Å². The second-order valence-corrected chi connectivity index (χ2v) is 4.64. The van der Waals surface area contributed by atoms with E-state index in [1.165, 1.54) is 6.07 Å². The molecular weight excluding hydrogens is 312 g/mol. The van der Waals surface area contributed by atoms with Crippen LogP contribution >= 0.6 is 0 Å². The van der Waals surface area contributed by atoms with Crippen LogP contribution in [0.5, 0.6) is 0 Å². The van der Waals surface area contributed by atoms with E-state index in [-0.39, 0.29) is 6.07 Å². The summed E-state index contributed by atoms with van der Waals surface area (Å²) in [5.74, 6) is 0. The van der Waals surface area contributed by atoms with E-state index in [4.69, 9.17) is 0 Å². The first-order chi connectivity index (χ1) is 10.00. The van der Waals surface area contributed by atoms with Gasteiger partial charge in [0.25, 0.3) is 5.56 Å². The quantitative estimate of drug-likeness (QED) is 0.722. The van der Waals surface area contributed by atoms with Gasteiger partial charge >= 0.3 is 12.4 Å². The number of alkyl halides is 6. The number of aryl methyl sites for hydroxylation is 1. The molecule has 2 aromatic rings. The van der Waals surface area contributed by atoms with Crippen molar-refractivity contribution in [3.8, 4) is 5.69 Å². The summed E-state index contributed by atoms with van der Waals surface area (Å²) in [4.78, 5) is 11.7. The molecule has 0 bridgehead atoms. The fraction of sp³-hybridized carbons (Fsp3) is 0.214. The number of aromatic nitrogens is 1. The van der Waals surface area contributed by atoms with Gasteiger partial charge in [-0.1, -0.05) is 6.07 Å². The zero-order valence-electron chi connectivity index (χ0n) is 11.1. The van der Waals surface area contributed by atoms with Gasteiger partial charge < -0.3 is 0 Å². The molecule has 2 rings (SSSR count). The summed E-state index contributed by atoms with van der Waals surface area (Å²) in [7, 11) is 0. The Bertz CT molecular complexity index is 757. The van der Waals surface area contributed by atoms with E-state index in [0.29, 0.717) is 22.3 Å². The van der Waals surface area contributed by atoms with Crippen LogP contribution in [0.4, 0.5) is 26.3 Å². The predicted molar refractivity (Wildman–Crippen MR) is 66.8 cm³/mol. The van der Waals surface area contributed by atoms with E-state index < -0.39 is 34.7 Å². The van der Waals surface area contributed by atoms with Crippen molar-refractivity contribution < 1.29 is 26.3 Å². The highest BCUT2D eigenvalue weighted by atomic mass is 19.4. The van der Waals surface area contributed by atoms with Crippen molar-refractivity contribution in [2.75, 3.05) is 0 Å². The number of hydrogen-bond acceptors (Lipinski definition) is 1. The highest BCUT2D eigenvalue weighted by Crippen LogP contribution is 2.38. The van der Waals surface area contributed by atoms with Crippen molar-refractivity contribution in [2.45, 2.75) is 19.3 Å². The summed E-state index contributed by atoms with van der Waals surface area (Å²) in [5.41, 5.74) is -3.86. The van der Waals surface area contributed by atoms with E-state index in [0.717, 1.165) is 12.3 Å². The largest absolute Gasteiger partial charge is 0.418 e. The lowest BCUT2D eigenvalue weighted by atomic mass is 10.1. The molecule has 0 amide bonds. The van der Waals surface area contributed by atoms with Gasteiger partial charge in [0.15, 0.2) is 0 Å². The smallest absolute Gasteiger partial charge is 0.283 e. The van der Waals surface area contributed by atoms with Gasteiger partial charge in [0.2, 0.25) is 0 Å². The van der Waals surface area contributed by atoms with Gasteiger partial charge in [0, 0.05) is 12.3 Å². The Hall–Kier alpha value is -2.25. The van der Waals surface area contributed by atoms with Gasteiger partial charge in [-0.3, -0.25) is 9.36 Å². The van der Waals surface area contributed by atoms with Crippen LogP contribution in [0.2, 0.25) is 0 Å². The van der Waals surface area contributed by atoms with Gasteiger partial charge in [0.05, 0.1) is 16.8 Å². The lowest BCUT2D eigenvalue weighted by Crippen LogP contribution is -2.21. The van der Waals surface area contributed by atoms with E-state index in [1.807, 2.05) is 0 Å². The molecule has 8 heteroatoms. The zero-order valence-corrected chi connectivity index (χ0v) is 11.1. The molecule has 0 aliphatic rings. The maximum Gasteiger partial charge on any atom is 0.418 e. The maximum atomic E-state index is 13.1. The van der Waals surface area contributed by atoms with Crippen molar-refractivity contribution in [3.05, 3.63) is 63.6 Å². The molecule has 0 atom stereocenters. The van der Waals surface area contributed by atoms with Gasteiger partial charge in [-0.15, -0.1) is 0 Å². The van der Waals surface area contributed by atoms with Crippen LogP contribution in [-0.4, -0.2) is 4.57 Å². The molecule has 1 aromatic carbocycles. The molecule has 0 unspecified atom stereocenters. The summed E-state index contributed by atoms with van der Waals surface area (Å²) >= 11 is 0. The van der Waals surface area contributed by atoms with Gasteiger partial charge in [0.1, 0.15) is 0 Å². The third-order valence-corrected chi connectivity index (χ3v) is 2.95. The van der Waals surface area contributed by atoms with E-state index in [9.17, 15) is 31.1 Å². The monoisotopic (exact) mass is 321 g/mol. The second-order valence-electron chi connectivity index (χ2n) is 4.64. The average Bonchev–Trinajstić information content (AvgIpc) is 2.39. The van der Waals surface area contributed by atoms with E-state index >= 15 is 0 Å². The molecule has 0 fully saturated rings. The Morgan fingerprint density at radius 3 is 2.09 bits per heavy atom. The third-order valence-electron chi connectivity index (χ3n) is 2.95. The van der Waals surface area contributed by atoms with Crippen molar-refractivity contribution in [2.24, 2.45) is 0 Å². The molecule has 1 heterocycles. The van der Waals surface area contributed by atoms with Crippen molar-refractivity contribution in [3.63, 3.8) is 0 Å². The third kappa shape index (κ3) is 3.15. The molecular formula is C14H9F6NO. The number of pyridine rings is 1. The molecule has 0 N–H and O–H groups in total. The van der Waals surface area contributed by atoms with Crippen molar-refractivity contribution >= 4 is 0 Å². The minimum atomic E-state index is -5.03. The zero-order chi connectivity index (χ0) is 16.7. The normalized spacial score (nSPS) is 12.5. The molecule has 0 saturated heterocycles. The minimum Gasteiger partial charge on any atom is -0.283 e. The summed E-state index contributed by atoms with van der Waals surface area (Å²) in [6.07, 6.45) is -8.80. The number of hydrogen-bond donors (Lipinski definition) is 0. The average molecular weight is 321 g/mol. The van der Waals surface area contributed by atoms with Crippen LogP contribution in [0.15, 0.2) is 41.3 Å². The highest BCUT2D eigenvalue weighted by Gasteiger charge is 2.38. The van der Waals surface area contributed by atoms with Gasteiger partial charge in [-0.05, 0) is 30.7 Å². The maximum absolute atomic E-state index is 13.1. The number of benzene rings is 1. The first-order valence-corrected chi connectivity index (χ1v) is 5.98. The Labute approximate surface area is 120 Å². The molecule has 118 valence electrons. The Kier molecular flexibility index (Phi) is 3.80. The Morgan fingerprint density at radius 2 is 1.55 bits per heavy atom. The molecule has 1 aromatic heterocycles. The fourth-order valence-corrected chi connectivity index (χ4v) is 1.93. The first kappa shape index (κ1) is 16.1. The summed E-state index contributed by atoms with van der Waals surface area (Å²) in [6, 6.07) is 3.61. The molecule has 22 heavy (non-hydrogen) atoms. The Morgan fingerprint density at radius 1 is 0.909 bits per heavy atom. The molecule has 0 aliphatic carbocycles. The summed E-state index contributed by atoms with van der Waals surface area (Å²) < 4.78 is 77.6. The van der Waals surface area contributed by atoms with E-state index in [1.54, 1.807) is 6.92 Å². The summed E-state index contributed by atoms with van der Waals surface area (Å²) in [6.45, 7) is 1.55. The lowest BCUT2D eigenvalue weighted by molar-refractivity contribution is -0.143. The summed E-state index contributed by atoms with van der Waals surface area (Å²) in [5, 5.41) is 0. The number of nitrogens with zero attached hydrogens (tertiary/aromatic N) is 1. The van der Waals surface area contributed by atoms with Gasteiger partial charge in [-0.2, -0.15) is 26.3 Å². The van der Waals surface area contributed by atoms with Crippen molar-refractivity contribution in [1.82, 2.24) is 4.57 Å². The topological polar surface area (TPSA) is 22.0 Å². The predicted octanol–water partition coefficient (Wildman–Crippen LogP) is 4.18. The van der Waals surface area contributed by atoms with Crippen LogP contribution in [0.1, 0.15) is 16.7 Å². The van der Waals surface area contributed by atoms with Crippen LogP contribution in [0.25, 0.3) is 5.69 Å². The van der Waals surface area contributed by atoms with Crippen LogP contribution in [0.3, 0.4) is 0 Å². The highest BCUT2D eigenvalue weighted by molar-refractivity contribution is 5.46. The number of halogens is 6. The molecule has 0 radical (unpaired) electrons. The fourth-order valence-electron chi connectivity index (χ4n) is 1.93.